The Morgan fingerprint density at radius 1 is 1.14 bits per heavy atom. The maximum atomic E-state index is 12.4. The van der Waals surface area contributed by atoms with E-state index in [4.69, 9.17) is 0 Å². The number of thioether (sulfide) groups is 1. The number of nitrogens with zero attached hydrogens (tertiary/aromatic N) is 4. The topological polar surface area (TPSA) is 106 Å². The first-order chi connectivity index (χ1) is 13.5. The fraction of sp³-hybridized carbons (Fsp3) is 0.105. The number of non-ortho nitro benzene ring substituents is 1. The molecule has 0 bridgehead atoms. The third-order valence-corrected chi connectivity index (χ3v) is 5.18. The number of nitro benzene ring substituents is 1. The minimum Gasteiger partial charge on any atom is -0.285 e. The average Bonchev–Trinajstić information content (AvgIpc) is 3.04. The van der Waals surface area contributed by atoms with Gasteiger partial charge in [0.2, 0.25) is 0 Å². The number of nitrogens with one attached hydrogen (secondary N) is 1. The number of nitro groups is 1. The van der Waals surface area contributed by atoms with Crippen LogP contribution in [-0.2, 0) is 5.75 Å². The molecule has 0 aliphatic heterocycles. The summed E-state index contributed by atoms with van der Waals surface area (Å²) in [5.41, 5.74) is 3.57. The van der Waals surface area contributed by atoms with Crippen molar-refractivity contribution in [2.45, 2.75) is 17.8 Å². The van der Waals surface area contributed by atoms with Gasteiger partial charge in [0.05, 0.1) is 10.6 Å². The summed E-state index contributed by atoms with van der Waals surface area (Å²) >= 11 is 1.35. The summed E-state index contributed by atoms with van der Waals surface area (Å²) in [5.74, 6) is 0.519. The summed E-state index contributed by atoms with van der Waals surface area (Å²) in [4.78, 5) is 30.1. The standard InChI is InChI=1S/C19H15N5O3S/c1-12-16(14-5-3-2-4-6-14)17-20-18(21-19(25)23(17)22-12)28-11-13-7-9-15(10-8-13)24(26)27/h2-10H,11H2,1H3,(H,20,21,25). The van der Waals surface area contributed by atoms with Gasteiger partial charge in [0, 0.05) is 23.4 Å². The number of fused-ring (bicyclic) bond motifs is 1. The largest absolute Gasteiger partial charge is 0.350 e. The minimum atomic E-state index is -0.434. The molecule has 0 fully saturated rings. The van der Waals surface area contributed by atoms with Crippen molar-refractivity contribution >= 4 is 23.1 Å². The summed E-state index contributed by atoms with van der Waals surface area (Å²) in [5, 5.41) is 15.5. The van der Waals surface area contributed by atoms with Crippen LogP contribution in [0.1, 0.15) is 11.3 Å². The van der Waals surface area contributed by atoms with Crippen molar-refractivity contribution in [2.75, 3.05) is 0 Å². The van der Waals surface area contributed by atoms with E-state index in [0.717, 1.165) is 22.4 Å². The van der Waals surface area contributed by atoms with Crippen LogP contribution in [0.3, 0.4) is 0 Å². The minimum absolute atomic E-state index is 0.0453. The number of aromatic amines is 1. The van der Waals surface area contributed by atoms with Crippen LogP contribution in [-0.4, -0.2) is 24.5 Å². The van der Waals surface area contributed by atoms with Gasteiger partial charge in [-0.25, -0.2) is 9.78 Å². The fourth-order valence-electron chi connectivity index (χ4n) is 2.91. The second-order valence-electron chi connectivity index (χ2n) is 6.12. The van der Waals surface area contributed by atoms with Crippen LogP contribution in [0.5, 0.6) is 0 Å². The Hall–Kier alpha value is -3.46. The molecule has 9 heteroatoms. The van der Waals surface area contributed by atoms with E-state index in [9.17, 15) is 14.9 Å². The van der Waals surface area contributed by atoms with Crippen LogP contribution >= 0.6 is 11.8 Å². The summed E-state index contributed by atoms with van der Waals surface area (Å²) in [6, 6.07) is 16.0. The molecule has 0 aliphatic carbocycles. The van der Waals surface area contributed by atoms with Crippen molar-refractivity contribution < 1.29 is 4.92 Å². The van der Waals surface area contributed by atoms with Crippen molar-refractivity contribution in [3.63, 3.8) is 0 Å². The molecule has 0 saturated carbocycles. The van der Waals surface area contributed by atoms with E-state index in [1.165, 1.54) is 28.4 Å². The number of aryl methyl sites for hydroxylation is 1. The number of aromatic nitrogens is 4. The second kappa shape index (κ2) is 7.28. The average molecular weight is 393 g/mol. The molecular formula is C19H15N5O3S. The third-order valence-electron chi connectivity index (χ3n) is 4.23. The number of H-pyrrole nitrogens is 1. The Morgan fingerprint density at radius 3 is 2.54 bits per heavy atom. The smallest absolute Gasteiger partial charge is 0.285 e. The van der Waals surface area contributed by atoms with Gasteiger partial charge in [-0.15, -0.1) is 0 Å². The van der Waals surface area contributed by atoms with Crippen LogP contribution in [0.2, 0.25) is 0 Å². The summed E-state index contributed by atoms with van der Waals surface area (Å²) < 4.78 is 1.27. The van der Waals surface area contributed by atoms with E-state index in [1.807, 2.05) is 37.3 Å². The van der Waals surface area contributed by atoms with Gasteiger partial charge >= 0.3 is 5.69 Å². The summed E-state index contributed by atoms with van der Waals surface area (Å²) in [7, 11) is 0. The number of rotatable bonds is 5. The first-order valence-electron chi connectivity index (χ1n) is 8.44. The zero-order valence-corrected chi connectivity index (χ0v) is 15.6. The molecule has 0 aliphatic rings. The van der Waals surface area contributed by atoms with Crippen LogP contribution in [0.15, 0.2) is 64.5 Å². The lowest BCUT2D eigenvalue weighted by Gasteiger charge is -2.04. The molecule has 4 aromatic rings. The SMILES string of the molecule is Cc1nn2c(=O)[nH]c(SCc3ccc([N+](=O)[O-])cc3)nc2c1-c1ccccc1. The molecular weight excluding hydrogens is 378 g/mol. The lowest BCUT2D eigenvalue weighted by Crippen LogP contribution is -2.19. The zero-order chi connectivity index (χ0) is 19.7. The van der Waals surface area contributed by atoms with Gasteiger partial charge in [-0.3, -0.25) is 15.1 Å². The molecule has 0 amide bonds. The lowest BCUT2D eigenvalue weighted by molar-refractivity contribution is -0.384. The van der Waals surface area contributed by atoms with Crippen molar-refractivity contribution in [2.24, 2.45) is 0 Å². The van der Waals surface area contributed by atoms with Crippen LogP contribution in [0.25, 0.3) is 16.8 Å². The Bertz CT molecular complexity index is 1220. The normalized spacial score (nSPS) is 11.0. The van der Waals surface area contributed by atoms with E-state index >= 15 is 0 Å². The molecule has 0 radical (unpaired) electrons. The van der Waals surface area contributed by atoms with Gasteiger partial charge < -0.3 is 0 Å². The molecule has 2 heterocycles. The molecule has 2 aromatic heterocycles. The van der Waals surface area contributed by atoms with Gasteiger partial charge in [0.25, 0.3) is 5.69 Å². The Balaban J connectivity index is 1.67. The van der Waals surface area contributed by atoms with E-state index in [-0.39, 0.29) is 11.4 Å². The molecule has 0 saturated heterocycles. The number of benzene rings is 2. The van der Waals surface area contributed by atoms with Gasteiger partial charge in [-0.1, -0.05) is 54.2 Å². The van der Waals surface area contributed by atoms with Crippen molar-refractivity contribution in [1.29, 1.82) is 0 Å². The Labute approximate surface area is 163 Å². The van der Waals surface area contributed by atoms with E-state index in [2.05, 4.69) is 15.1 Å². The monoisotopic (exact) mass is 393 g/mol. The first-order valence-corrected chi connectivity index (χ1v) is 9.42. The lowest BCUT2D eigenvalue weighted by atomic mass is 10.1. The Morgan fingerprint density at radius 2 is 1.86 bits per heavy atom. The predicted molar refractivity (Wildman–Crippen MR) is 106 cm³/mol. The predicted octanol–water partition coefficient (Wildman–Crippen LogP) is 3.59. The second-order valence-corrected chi connectivity index (χ2v) is 7.09. The van der Waals surface area contributed by atoms with Gasteiger partial charge in [-0.2, -0.15) is 9.61 Å². The van der Waals surface area contributed by atoms with Gasteiger partial charge in [0.15, 0.2) is 10.8 Å². The number of hydrogen-bond acceptors (Lipinski definition) is 6. The molecule has 4 rings (SSSR count). The van der Waals surface area contributed by atoms with Crippen LogP contribution in [0.4, 0.5) is 5.69 Å². The molecule has 2 aromatic carbocycles. The molecule has 28 heavy (non-hydrogen) atoms. The highest BCUT2D eigenvalue weighted by molar-refractivity contribution is 7.98. The van der Waals surface area contributed by atoms with Crippen molar-refractivity contribution in [1.82, 2.24) is 19.6 Å². The summed E-state index contributed by atoms with van der Waals surface area (Å²) in [6.45, 7) is 1.85. The van der Waals surface area contributed by atoms with Crippen LogP contribution in [0, 0.1) is 17.0 Å². The zero-order valence-electron chi connectivity index (χ0n) is 14.8. The van der Waals surface area contributed by atoms with E-state index < -0.39 is 4.92 Å². The van der Waals surface area contributed by atoms with Crippen molar-refractivity contribution in [3.8, 4) is 11.1 Å². The maximum Gasteiger partial charge on any atom is 0.350 e. The van der Waals surface area contributed by atoms with Crippen molar-refractivity contribution in [3.05, 3.63) is 86.5 Å². The quantitative estimate of drug-likeness (QED) is 0.315. The molecule has 140 valence electrons. The van der Waals surface area contributed by atoms with Gasteiger partial charge in [0.1, 0.15) is 0 Å². The van der Waals surface area contributed by atoms with Gasteiger partial charge in [-0.05, 0) is 18.1 Å². The highest BCUT2D eigenvalue weighted by Gasteiger charge is 2.16. The van der Waals surface area contributed by atoms with E-state index in [1.54, 1.807) is 12.1 Å². The Kier molecular flexibility index (Phi) is 4.66. The summed E-state index contributed by atoms with van der Waals surface area (Å²) in [6.07, 6.45) is 0. The first kappa shape index (κ1) is 17.9. The van der Waals surface area contributed by atoms with E-state index in [0.29, 0.717) is 16.6 Å². The highest BCUT2D eigenvalue weighted by atomic mass is 32.2. The highest BCUT2D eigenvalue weighted by Crippen LogP contribution is 2.27. The molecule has 0 spiro atoms. The maximum absolute atomic E-state index is 12.4. The number of hydrogen-bond donors (Lipinski definition) is 1. The molecule has 8 nitrogen and oxygen atoms in total. The molecule has 0 unspecified atom stereocenters. The molecule has 0 atom stereocenters. The fourth-order valence-corrected chi connectivity index (χ4v) is 3.71. The molecule has 1 N–H and O–H groups in total. The van der Waals surface area contributed by atoms with Crippen LogP contribution < -0.4 is 5.69 Å². The third kappa shape index (κ3) is 3.39.